The molecule has 1 aromatic heterocycles. The summed E-state index contributed by atoms with van der Waals surface area (Å²) in [5.41, 5.74) is 9.36. The van der Waals surface area contributed by atoms with Crippen molar-refractivity contribution in [1.29, 1.82) is 0 Å². The van der Waals surface area contributed by atoms with E-state index in [1.54, 1.807) is 61.5 Å². The van der Waals surface area contributed by atoms with Crippen molar-refractivity contribution in [3.63, 3.8) is 0 Å². The number of nitrogens with two attached hydrogens (primary N) is 1. The van der Waals surface area contributed by atoms with Crippen LogP contribution in [0.5, 0.6) is 0 Å². The number of carbonyl (C=O) groups is 6. The highest BCUT2D eigenvalue weighted by molar-refractivity contribution is 6.31. The van der Waals surface area contributed by atoms with Crippen molar-refractivity contribution in [3.8, 4) is 22.3 Å². The number of carbonyl (C=O) groups excluding carboxylic acids is 5. The number of aliphatic hydroxyl groups excluding tert-OH is 2. The Balaban J connectivity index is 0.000000291. The van der Waals surface area contributed by atoms with E-state index >= 15 is 0 Å². The molecule has 0 saturated heterocycles. The van der Waals surface area contributed by atoms with Crippen LogP contribution in [-0.2, 0) is 55.8 Å². The van der Waals surface area contributed by atoms with Crippen molar-refractivity contribution in [1.82, 2.24) is 20.5 Å². The number of hydrogen-bond acceptors (Lipinski definition) is 19. The molecule has 2 heterocycles. The quantitative estimate of drug-likeness (QED) is 0.0133. The smallest absolute Gasteiger partial charge is 0.364 e. The zero-order valence-corrected chi connectivity index (χ0v) is 42.8. The van der Waals surface area contributed by atoms with Crippen LogP contribution >= 0.6 is 23.2 Å². The van der Waals surface area contributed by atoms with Crippen LogP contribution in [0.2, 0.25) is 10.0 Å². The van der Waals surface area contributed by atoms with E-state index in [-0.39, 0.29) is 43.6 Å². The molecule has 412 valence electrons. The predicted molar refractivity (Wildman–Crippen MR) is 267 cm³/mol. The standard InChI is InChI=1S/C25H26ClFN4O7.C22H25ClFNO5.C3H3N3O3/c1-2-3-23(33)37-14-38-25(35)22(32)12-18(28-24(34)21-13-31(36)30-29-21)10-15-4-6-16(7-5-15)19-11-17(26)8-9-20(19)27;1-2-3-21(27)29-13-30-22(28)20(26)12-17(25)10-14-4-6-15(7-5-14)18-11-16(23)8-9-19(18)24;7-3(8)2-1-6(9)5-4-2/h4-9,11,13,18,22,32,36H,2-3,10,12,14H2,1H3,(H,28,34);4-9,11,17,20,26H,2-3,10,12-13,25H2,1H3;1-2H,(H-,7,8,9)/p+1/t18-,22-;17-,20-;/m11./s1. The highest BCUT2D eigenvalue weighted by atomic mass is 35.5. The lowest BCUT2D eigenvalue weighted by Gasteiger charge is -2.21. The molecule has 1 aliphatic heterocycles. The second kappa shape index (κ2) is 31.2. The summed E-state index contributed by atoms with van der Waals surface area (Å²) < 4.78 is 47.2. The summed E-state index contributed by atoms with van der Waals surface area (Å²) in [6, 6.07) is 20.1. The zero-order valence-electron chi connectivity index (χ0n) is 41.3. The molecule has 0 fully saturated rings. The highest BCUT2D eigenvalue weighted by Gasteiger charge is 2.29. The summed E-state index contributed by atoms with van der Waals surface area (Å²) in [6.07, 6.45) is 0.735. The second-order valence-electron chi connectivity index (χ2n) is 16.7. The number of aromatic nitrogens is 3. The molecule has 1 aliphatic rings. The minimum absolute atomic E-state index is 0.0214. The van der Waals surface area contributed by atoms with Gasteiger partial charge in [0.25, 0.3) is 5.91 Å². The molecular weight excluding hydrogens is 1060 g/mol. The summed E-state index contributed by atoms with van der Waals surface area (Å²) in [4.78, 5) is 69.9. The Hall–Kier alpha value is -7.97. The van der Waals surface area contributed by atoms with Gasteiger partial charge in [0.1, 0.15) is 11.6 Å². The highest BCUT2D eigenvalue weighted by Crippen LogP contribution is 2.28. The molecule has 77 heavy (non-hydrogen) atoms. The Morgan fingerprint density at radius 1 is 0.740 bits per heavy atom. The number of aliphatic carboxylic acids is 1. The molecule has 5 atom stereocenters. The number of nitrogens with one attached hydrogen (secondary N) is 1. The molecule has 0 radical (unpaired) electrons. The predicted octanol–water partition coefficient (Wildman–Crippen LogP) is 5.81. The fraction of sp³-hybridized carbons (Fsp3) is 0.340. The van der Waals surface area contributed by atoms with Crippen molar-refractivity contribution in [2.45, 2.75) is 95.5 Å². The van der Waals surface area contributed by atoms with Crippen LogP contribution < -0.4 is 11.1 Å². The maximum atomic E-state index is 14.2. The lowest BCUT2D eigenvalue weighted by molar-refractivity contribution is -0.778. The largest absolute Gasteiger partial charge is 0.478 e. The van der Waals surface area contributed by atoms with Crippen molar-refractivity contribution >= 4 is 65.2 Å². The van der Waals surface area contributed by atoms with Crippen molar-refractivity contribution in [2.24, 2.45) is 16.1 Å². The number of ether oxygens (including phenoxy) is 4. The van der Waals surface area contributed by atoms with E-state index in [1.807, 2.05) is 6.92 Å². The Morgan fingerprint density at radius 3 is 1.64 bits per heavy atom. The van der Waals surface area contributed by atoms with Crippen LogP contribution in [0.25, 0.3) is 22.3 Å². The minimum atomic E-state index is -1.65. The number of hydrogen-bond donors (Lipinski definition) is 7. The number of benzene rings is 4. The average Bonchev–Trinajstić information content (AvgIpc) is 4.05. The van der Waals surface area contributed by atoms with Crippen LogP contribution in [0.4, 0.5) is 8.78 Å². The summed E-state index contributed by atoms with van der Waals surface area (Å²) >= 11 is 11.9. The van der Waals surface area contributed by atoms with Gasteiger partial charge in [0, 0.05) is 57.4 Å². The second-order valence-corrected chi connectivity index (χ2v) is 17.5. The molecule has 4 aromatic carbocycles. The van der Waals surface area contributed by atoms with E-state index in [0.717, 1.165) is 18.0 Å². The molecule has 8 N–H and O–H groups in total. The van der Waals surface area contributed by atoms with Gasteiger partial charge >= 0.3 is 35.9 Å². The summed E-state index contributed by atoms with van der Waals surface area (Å²) in [5.74, 6) is -5.60. The van der Waals surface area contributed by atoms with Gasteiger partial charge in [0.05, 0.1) is 11.3 Å². The van der Waals surface area contributed by atoms with Gasteiger partial charge in [-0.25, -0.2) is 23.2 Å². The molecule has 27 heteroatoms. The normalized spacial score (nSPS) is 13.9. The van der Waals surface area contributed by atoms with Gasteiger partial charge in [-0.3, -0.25) is 14.4 Å². The summed E-state index contributed by atoms with van der Waals surface area (Å²) in [6.45, 7) is 2.43. The average molecular weight is 1120 g/mol. The maximum Gasteiger partial charge on any atom is 0.364 e. The lowest BCUT2D eigenvalue weighted by atomic mass is 9.97. The molecular formula is C50H55Cl2F2N8O15+. The molecule has 0 aliphatic carbocycles. The van der Waals surface area contributed by atoms with Gasteiger partial charge in [-0.15, -0.1) is 5.10 Å². The van der Waals surface area contributed by atoms with Crippen molar-refractivity contribution < 1.29 is 87.1 Å². The first-order valence-corrected chi connectivity index (χ1v) is 24.2. The fourth-order valence-electron chi connectivity index (χ4n) is 6.77. The van der Waals surface area contributed by atoms with Crippen LogP contribution in [0.15, 0.2) is 101 Å². The number of nitrogens with zero attached hydrogens (tertiary/aromatic N) is 6. The Kier molecular flexibility index (Phi) is 24.9. The van der Waals surface area contributed by atoms with Crippen LogP contribution in [-0.4, -0.2) is 132 Å². The van der Waals surface area contributed by atoms with E-state index in [4.69, 9.17) is 58.2 Å². The molecule has 0 spiro atoms. The molecule has 1 unspecified atom stereocenters. The van der Waals surface area contributed by atoms with Gasteiger partial charge in [0.2, 0.25) is 19.8 Å². The third kappa shape index (κ3) is 21.3. The first kappa shape index (κ1) is 61.6. The Labute approximate surface area is 448 Å². The maximum absolute atomic E-state index is 14.2. The van der Waals surface area contributed by atoms with Crippen molar-refractivity contribution in [2.75, 3.05) is 13.6 Å². The lowest BCUT2D eigenvalue weighted by Crippen LogP contribution is -2.41. The molecule has 0 bridgehead atoms. The molecule has 0 saturated carbocycles. The Bertz CT molecular complexity index is 2860. The van der Waals surface area contributed by atoms with E-state index in [0.29, 0.717) is 66.8 Å². The van der Waals surface area contributed by atoms with Gasteiger partial charge in [-0.05, 0) is 96.0 Å². The number of amides is 1. The number of esters is 4. The van der Waals surface area contributed by atoms with Crippen LogP contribution in [0.3, 0.4) is 0 Å². The van der Waals surface area contributed by atoms with Gasteiger partial charge in [0.15, 0.2) is 23.1 Å². The van der Waals surface area contributed by atoms with E-state index in [1.165, 1.54) is 30.3 Å². The summed E-state index contributed by atoms with van der Waals surface area (Å²) in [7, 11) is 0. The van der Waals surface area contributed by atoms with E-state index < -0.39 is 85.5 Å². The van der Waals surface area contributed by atoms with Gasteiger partial charge < -0.3 is 55.7 Å². The number of carboxylic acid groups (broad SMARTS) is 1. The number of aliphatic hydroxyl groups is 2. The molecule has 1 amide bonds. The molecule has 6 rings (SSSR count). The van der Waals surface area contributed by atoms with E-state index in [2.05, 4.69) is 26.0 Å². The fourth-order valence-corrected chi connectivity index (χ4v) is 7.11. The first-order valence-electron chi connectivity index (χ1n) is 23.4. The molecule has 5 aromatic rings. The molecule has 23 nitrogen and oxygen atoms in total. The topological polar surface area (TPSA) is 337 Å². The number of carboxylic acids is 1. The van der Waals surface area contributed by atoms with Crippen LogP contribution in [0.1, 0.15) is 74.0 Å². The SMILES string of the molecule is CCCC(=O)OCOC(=O)[C@H](O)C[C@@H](Cc1ccc(-c2cc(Cl)ccc2F)cc1)NC(=O)c1cn(O)nn1.CCCC(=O)OCOC(=O)[C@H](O)C[C@H](N)Cc1ccc(-c2cc(Cl)ccc2F)cc1.O=C(O)C1C=[N+](O)N=N1. The van der Waals surface area contributed by atoms with E-state index in [9.17, 15) is 53.0 Å². The minimum Gasteiger partial charge on any atom is -0.478 e. The first-order chi connectivity index (χ1) is 36.6. The van der Waals surface area contributed by atoms with Gasteiger partial charge in [-0.1, -0.05) is 90.4 Å². The van der Waals surface area contributed by atoms with Crippen molar-refractivity contribution in [3.05, 3.63) is 130 Å². The third-order valence-corrected chi connectivity index (χ3v) is 11.0. The third-order valence-electron chi connectivity index (χ3n) is 10.5. The zero-order chi connectivity index (χ0) is 56.6. The monoisotopic (exact) mass is 1120 g/mol. The van der Waals surface area contributed by atoms with Crippen LogP contribution in [0, 0.1) is 11.6 Å². The summed E-state index contributed by atoms with van der Waals surface area (Å²) in [5, 5.41) is 62.7. The number of halogens is 4. The Morgan fingerprint density at radius 2 is 1.22 bits per heavy atom. The van der Waals surface area contributed by atoms with Gasteiger partial charge in [-0.2, -0.15) is 0 Å². The number of rotatable bonds is 23.